The second kappa shape index (κ2) is 8.56. The van der Waals surface area contributed by atoms with Crippen LogP contribution in [-0.2, 0) is 7.05 Å². The fraction of sp³-hybridized carbons (Fsp3) is 0.407. The number of benzene rings is 2. The molecule has 0 spiro atoms. The van der Waals surface area contributed by atoms with Crippen LogP contribution in [0, 0.1) is 0 Å². The molecule has 0 bridgehead atoms. The third-order valence-electron chi connectivity index (χ3n) is 7.28. The van der Waals surface area contributed by atoms with Gasteiger partial charge in [0.2, 0.25) is 10.9 Å². The van der Waals surface area contributed by atoms with Crippen molar-refractivity contribution in [1.82, 2.24) is 14.4 Å². The number of rotatable bonds is 6. The van der Waals surface area contributed by atoms with Crippen molar-refractivity contribution in [3.63, 3.8) is 0 Å². The predicted octanol–water partition coefficient (Wildman–Crippen LogP) is 3.10. The number of aromatic nitrogens is 1. The summed E-state index contributed by atoms with van der Waals surface area (Å²) in [5, 5.41) is 0.344. The van der Waals surface area contributed by atoms with Crippen molar-refractivity contribution < 1.29 is 9.59 Å². The highest BCUT2D eigenvalue weighted by Crippen LogP contribution is 2.24. The van der Waals surface area contributed by atoms with Gasteiger partial charge in [-0.2, -0.15) is 0 Å². The molecule has 0 saturated heterocycles. The molecule has 0 atom stereocenters. The number of nitrogens with zero attached hydrogens (tertiary/aromatic N) is 3. The number of Topliss-reactive ketones (excluding diaryl/α,β-unsaturated/α-hetero) is 2. The van der Waals surface area contributed by atoms with Crippen LogP contribution in [0.5, 0.6) is 0 Å². The molecule has 2 aromatic carbocycles. The number of carbonyl (C=O) groups is 2. The van der Waals surface area contributed by atoms with Crippen LogP contribution in [0.1, 0.15) is 48.4 Å². The lowest BCUT2D eigenvalue weighted by Crippen LogP contribution is -2.45. The topological polar surface area (TPSA) is 79.7 Å². The lowest BCUT2D eigenvalue weighted by molar-refractivity contribution is 0.0750. The molecular weight excluding hydrogens is 430 g/mol. The van der Waals surface area contributed by atoms with Gasteiger partial charge in [0, 0.05) is 18.2 Å². The molecule has 0 aliphatic heterocycles. The Morgan fingerprint density at radius 1 is 0.676 bits per heavy atom. The molecule has 1 aromatic heterocycles. The summed E-state index contributed by atoms with van der Waals surface area (Å²) >= 11 is 0. The Hall–Kier alpha value is -3.16. The highest BCUT2D eigenvalue weighted by atomic mass is 16.2. The maximum atomic E-state index is 13.3. The van der Waals surface area contributed by atoms with Gasteiger partial charge in [0.15, 0.2) is 11.6 Å². The summed E-state index contributed by atoms with van der Waals surface area (Å²) in [5.41, 5.74) is -1.18. The van der Waals surface area contributed by atoms with Gasteiger partial charge in [-0.15, -0.1) is 0 Å². The van der Waals surface area contributed by atoms with Crippen LogP contribution >= 0.6 is 0 Å². The standard InChI is InChI=1S/C27H33N3O4/c1-26(2,28(5)6)24(33)16-10-12-20-18(14-16)22(31)23(32)19-15-17(11-13-21(19)30(20)9)25(34)27(3,4)29(7)8/h10-15H,1-9H3. The summed E-state index contributed by atoms with van der Waals surface area (Å²) in [5.74, 6) is -0.299. The first-order valence-corrected chi connectivity index (χ1v) is 11.2. The van der Waals surface area contributed by atoms with Gasteiger partial charge < -0.3 is 4.57 Å². The van der Waals surface area contributed by atoms with Crippen molar-refractivity contribution in [2.24, 2.45) is 7.05 Å². The van der Waals surface area contributed by atoms with Crippen LogP contribution in [-0.4, -0.2) is 65.2 Å². The number of hydrogen-bond acceptors (Lipinski definition) is 6. The van der Waals surface area contributed by atoms with Gasteiger partial charge in [-0.05, 0) is 92.3 Å². The van der Waals surface area contributed by atoms with Gasteiger partial charge in [-0.25, -0.2) is 0 Å². The number of fused-ring (bicyclic) bond motifs is 2. The number of likely N-dealkylation sites (N-methyl/N-ethyl adjacent to an activating group) is 2. The third kappa shape index (κ3) is 3.99. The van der Waals surface area contributed by atoms with Crippen LogP contribution in [0.3, 0.4) is 0 Å². The summed E-state index contributed by atoms with van der Waals surface area (Å²) in [6.07, 6.45) is 0. The fourth-order valence-electron chi connectivity index (χ4n) is 3.79. The van der Waals surface area contributed by atoms with E-state index in [0.717, 1.165) is 0 Å². The van der Waals surface area contributed by atoms with Gasteiger partial charge in [0.1, 0.15) is 0 Å². The molecule has 3 aromatic rings. The highest BCUT2D eigenvalue weighted by molar-refractivity contribution is 6.06. The molecule has 0 radical (unpaired) electrons. The Bertz CT molecular complexity index is 1340. The van der Waals surface area contributed by atoms with Gasteiger partial charge in [-0.3, -0.25) is 29.0 Å². The van der Waals surface area contributed by atoms with Crippen LogP contribution in [0.25, 0.3) is 21.8 Å². The lowest BCUT2D eigenvalue weighted by atomic mass is 9.91. The largest absolute Gasteiger partial charge is 0.343 e. The van der Waals surface area contributed by atoms with E-state index in [0.29, 0.717) is 22.2 Å². The average Bonchev–Trinajstić information content (AvgIpc) is 2.87. The number of carbonyl (C=O) groups excluding carboxylic acids is 2. The second-order valence-corrected chi connectivity index (χ2v) is 10.2. The monoisotopic (exact) mass is 463 g/mol. The molecular formula is C27H33N3O4. The molecule has 0 fully saturated rings. The molecule has 1 heterocycles. The zero-order valence-corrected chi connectivity index (χ0v) is 21.4. The van der Waals surface area contributed by atoms with E-state index in [9.17, 15) is 19.2 Å². The molecule has 0 aliphatic carbocycles. The van der Waals surface area contributed by atoms with E-state index in [2.05, 4.69) is 0 Å². The Morgan fingerprint density at radius 2 is 1.00 bits per heavy atom. The molecule has 3 rings (SSSR count). The minimum absolute atomic E-state index is 0.149. The van der Waals surface area contributed by atoms with E-state index < -0.39 is 21.9 Å². The van der Waals surface area contributed by atoms with Crippen LogP contribution < -0.4 is 10.9 Å². The molecule has 7 nitrogen and oxygen atoms in total. The van der Waals surface area contributed by atoms with Crippen molar-refractivity contribution in [3.8, 4) is 0 Å². The zero-order valence-electron chi connectivity index (χ0n) is 21.4. The van der Waals surface area contributed by atoms with E-state index in [1.54, 1.807) is 35.9 Å². The summed E-state index contributed by atoms with van der Waals surface area (Å²) in [4.78, 5) is 56.5. The minimum atomic E-state index is -0.782. The van der Waals surface area contributed by atoms with Gasteiger partial charge in [-0.1, -0.05) is 0 Å². The van der Waals surface area contributed by atoms with E-state index in [-0.39, 0.29) is 22.3 Å². The Labute approximate surface area is 199 Å². The van der Waals surface area contributed by atoms with Gasteiger partial charge >= 0.3 is 0 Å². The summed E-state index contributed by atoms with van der Waals surface area (Å²) in [7, 11) is 9.03. The number of ketones is 2. The normalized spacial score (nSPS) is 12.7. The summed E-state index contributed by atoms with van der Waals surface area (Å²) < 4.78 is 1.75. The van der Waals surface area contributed by atoms with Crippen molar-refractivity contribution >= 4 is 33.4 Å². The average molecular weight is 464 g/mol. The SMILES string of the molecule is CN(C)C(C)(C)C(=O)c1ccc2c(c1)c(=O)c(=O)c1cc(C(=O)C(C)(C)N(C)C)ccc1n2C. The van der Waals surface area contributed by atoms with Crippen LogP contribution in [0.2, 0.25) is 0 Å². The summed E-state index contributed by atoms with van der Waals surface area (Å²) in [6.45, 7) is 7.24. The van der Waals surface area contributed by atoms with Crippen LogP contribution in [0.4, 0.5) is 0 Å². The first-order chi connectivity index (χ1) is 15.6. The molecule has 0 N–H and O–H groups in total. The van der Waals surface area contributed by atoms with Crippen LogP contribution in [0.15, 0.2) is 46.0 Å². The third-order valence-corrected chi connectivity index (χ3v) is 7.28. The molecule has 180 valence electrons. The smallest absolute Gasteiger partial charge is 0.235 e. The highest BCUT2D eigenvalue weighted by Gasteiger charge is 2.32. The van der Waals surface area contributed by atoms with Crippen molar-refractivity contribution in [2.45, 2.75) is 38.8 Å². The van der Waals surface area contributed by atoms with E-state index >= 15 is 0 Å². The molecule has 0 unspecified atom stereocenters. The Morgan fingerprint density at radius 3 is 1.29 bits per heavy atom. The van der Waals surface area contributed by atoms with Gasteiger partial charge in [0.25, 0.3) is 0 Å². The second-order valence-electron chi connectivity index (χ2n) is 10.2. The number of hydrogen-bond donors (Lipinski definition) is 0. The van der Waals surface area contributed by atoms with E-state index in [4.69, 9.17) is 0 Å². The van der Waals surface area contributed by atoms with Crippen molar-refractivity contribution in [2.75, 3.05) is 28.2 Å². The Balaban J connectivity index is 2.34. The van der Waals surface area contributed by atoms with Crippen molar-refractivity contribution in [3.05, 3.63) is 68.0 Å². The predicted molar refractivity (Wildman–Crippen MR) is 137 cm³/mol. The first kappa shape index (κ1) is 25.5. The number of aryl methyl sites for hydroxylation is 1. The fourth-order valence-corrected chi connectivity index (χ4v) is 3.79. The molecule has 0 amide bonds. The zero-order chi connectivity index (χ0) is 25.7. The van der Waals surface area contributed by atoms with E-state index in [1.807, 2.05) is 65.7 Å². The molecule has 0 aliphatic rings. The molecule has 7 heteroatoms. The maximum Gasteiger partial charge on any atom is 0.235 e. The van der Waals surface area contributed by atoms with Crippen molar-refractivity contribution in [1.29, 1.82) is 0 Å². The Kier molecular flexibility index (Phi) is 6.41. The van der Waals surface area contributed by atoms with E-state index in [1.165, 1.54) is 12.1 Å². The molecule has 34 heavy (non-hydrogen) atoms. The lowest BCUT2D eigenvalue weighted by Gasteiger charge is -2.31. The first-order valence-electron chi connectivity index (χ1n) is 11.2. The maximum absolute atomic E-state index is 13.3. The quantitative estimate of drug-likeness (QED) is 0.413. The van der Waals surface area contributed by atoms with Gasteiger partial charge in [0.05, 0.1) is 32.9 Å². The molecule has 0 saturated carbocycles. The summed E-state index contributed by atoms with van der Waals surface area (Å²) in [6, 6.07) is 9.78. The minimum Gasteiger partial charge on any atom is -0.343 e.